The Bertz CT molecular complexity index is 1440. The molecule has 2 aromatic heterocycles. The summed E-state index contributed by atoms with van der Waals surface area (Å²) in [6, 6.07) is 21.0. The lowest BCUT2D eigenvalue weighted by molar-refractivity contribution is 0.0240. The Morgan fingerprint density at radius 1 is 1.00 bits per heavy atom. The number of nitrogens with one attached hydrogen (secondary N) is 1. The van der Waals surface area contributed by atoms with E-state index in [1.54, 1.807) is 4.90 Å². The molecule has 8 heteroatoms. The summed E-state index contributed by atoms with van der Waals surface area (Å²) in [5, 5.41) is 4.65. The van der Waals surface area contributed by atoms with Gasteiger partial charge in [0.15, 0.2) is 0 Å². The molecule has 1 amide bonds. The van der Waals surface area contributed by atoms with Crippen molar-refractivity contribution >= 4 is 28.5 Å². The molecule has 40 heavy (non-hydrogen) atoms. The molecule has 208 valence electrons. The lowest BCUT2D eigenvalue weighted by Gasteiger charge is -2.36. The first-order chi connectivity index (χ1) is 19.2. The van der Waals surface area contributed by atoms with E-state index in [2.05, 4.69) is 28.4 Å². The maximum Gasteiger partial charge on any atom is 0.410 e. The highest BCUT2D eigenvalue weighted by molar-refractivity contribution is 5.93. The van der Waals surface area contributed by atoms with E-state index in [0.29, 0.717) is 26.2 Å². The minimum absolute atomic E-state index is 0.207. The summed E-state index contributed by atoms with van der Waals surface area (Å²) >= 11 is 0. The Kier molecular flexibility index (Phi) is 8.14. The smallest absolute Gasteiger partial charge is 0.410 e. The van der Waals surface area contributed by atoms with Crippen molar-refractivity contribution in [3.8, 4) is 11.3 Å². The topological polar surface area (TPSA) is 70.6 Å². The van der Waals surface area contributed by atoms with Crippen LogP contribution in [-0.4, -0.2) is 59.3 Å². The number of carbonyl (C=O) groups excluding carboxylic acids is 1. The Morgan fingerprint density at radius 3 is 2.45 bits per heavy atom. The van der Waals surface area contributed by atoms with Crippen LogP contribution in [-0.2, 0) is 11.2 Å². The number of nitrogens with zero attached hydrogens (tertiary/aromatic N) is 4. The molecule has 0 spiro atoms. The fraction of sp³-hybridized carbons (Fsp3) is 0.344. The second-order valence-electron chi connectivity index (χ2n) is 11.1. The van der Waals surface area contributed by atoms with E-state index in [9.17, 15) is 9.18 Å². The van der Waals surface area contributed by atoms with Gasteiger partial charge in [-0.1, -0.05) is 30.3 Å². The van der Waals surface area contributed by atoms with Crippen LogP contribution >= 0.6 is 0 Å². The summed E-state index contributed by atoms with van der Waals surface area (Å²) in [4.78, 5) is 26.0. The van der Waals surface area contributed by atoms with Crippen LogP contribution in [0.3, 0.4) is 0 Å². The number of halogens is 1. The predicted molar refractivity (Wildman–Crippen MR) is 158 cm³/mol. The number of rotatable bonds is 7. The summed E-state index contributed by atoms with van der Waals surface area (Å²) in [5.41, 5.74) is 4.37. The predicted octanol–water partition coefficient (Wildman–Crippen LogP) is 6.54. The number of benzene rings is 2. The first kappa shape index (κ1) is 27.4. The summed E-state index contributed by atoms with van der Waals surface area (Å²) in [5.74, 6) is 0.675. The van der Waals surface area contributed by atoms with Gasteiger partial charge >= 0.3 is 6.09 Å². The second-order valence-corrected chi connectivity index (χ2v) is 11.1. The van der Waals surface area contributed by atoms with Gasteiger partial charge in [-0.2, -0.15) is 0 Å². The molecular formula is C32H36FN5O2. The number of fused-ring (bicyclic) bond motifs is 1. The quantitative estimate of drug-likeness (QED) is 0.268. The van der Waals surface area contributed by atoms with Gasteiger partial charge in [0.1, 0.15) is 17.2 Å². The SMILES string of the molecule is CC(C)(C)OC(=O)N1CCN(c2ccc(-c3cc(NCCCc4ccc(F)cc4)c4ccccc4n3)cn2)CC1. The molecule has 0 aliphatic carbocycles. The van der Waals surface area contributed by atoms with Crippen molar-refractivity contribution < 1.29 is 13.9 Å². The van der Waals surface area contributed by atoms with Gasteiger partial charge < -0.3 is 19.9 Å². The second kappa shape index (κ2) is 11.9. The number of hydrogen-bond acceptors (Lipinski definition) is 6. The zero-order valence-corrected chi connectivity index (χ0v) is 23.4. The maximum atomic E-state index is 13.2. The van der Waals surface area contributed by atoms with Crippen molar-refractivity contribution in [2.75, 3.05) is 42.9 Å². The number of anilines is 2. The highest BCUT2D eigenvalue weighted by Gasteiger charge is 2.26. The molecule has 1 fully saturated rings. The zero-order chi connectivity index (χ0) is 28.1. The Labute approximate surface area is 235 Å². The van der Waals surface area contributed by atoms with Crippen LogP contribution in [0, 0.1) is 5.82 Å². The normalized spacial score (nSPS) is 13.9. The van der Waals surface area contributed by atoms with Crippen LogP contribution in [0.25, 0.3) is 22.2 Å². The van der Waals surface area contributed by atoms with Crippen molar-refractivity contribution in [1.29, 1.82) is 0 Å². The van der Waals surface area contributed by atoms with Gasteiger partial charge in [-0.05, 0) is 75.6 Å². The van der Waals surface area contributed by atoms with E-state index in [4.69, 9.17) is 14.7 Å². The Morgan fingerprint density at radius 2 is 1.75 bits per heavy atom. The molecule has 1 aliphatic heterocycles. The van der Waals surface area contributed by atoms with Crippen LogP contribution in [0.1, 0.15) is 32.8 Å². The summed E-state index contributed by atoms with van der Waals surface area (Å²) in [6.45, 7) is 9.03. The molecule has 1 N–H and O–H groups in total. The van der Waals surface area contributed by atoms with Crippen LogP contribution < -0.4 is 10.2 Å². The summed E-state index contributed by atoms with van der Waals surface area (Å²) in [6.07, 6.45) is 3.40. The molecule has 4 aromatic rings. The number of para-hydroxylation sites is 1. The third-order valence-electron chi connectivity index (χ3n) is 6.89. The molecule has 0 radical (unpaired) electrons. The number of aryl methyl sites for hydroxylation is 1. The van der Waals surface area contributed by atoms with Crippen LogP contribution in [0.2, 0.25) is 0 Å². The highest BCUT2D eigenvalue weighted by atomic mass is 19.1. The minimum Gasteiger partial charge on any atom is -0.444 e. The van der Waals surface area contributed by atoms with Gasteiger partial charge in [0.05, 0.1) is 11.2 Å². The van der Waals surface area contributed by atoms with E-state index < -0.39 is 5.60 Å². The van der Waals surface area contributed by atoms with Gasteiger partial charge in [0.2, 0.25) is 0 Å². The standard InChI is InChI=1S/C32H36FN5O2/c1-32(2,3)40-31(39)38-19-17-37(18-20-38)30-15-12-24(22-35-30)28-21-29(26-8-4-5-9-27(26)36-28)34-16-6-7-23-10-13-25(33)14-11-23/h4-5,8-15,21-22H,6-7,16-20H2,1-3H3,(H,34,36). The first-order valence-electron chi connectivity index (χ1n) is 13.8. The van der Waals surface area contributed by atoms with Crippen molar-refractivity contribution in [3.63, 3.8) is 0 Å². The van der Waals surface area contributed by atoms with E-state index in [1.807, 2.05) is 63.4 Å². The third kappa shape index (κ3) is 6.86. The van der Waals surface area contributed by atoms with Gasteiger partial charge in [-0.25, -0.2) is 19.2 Å². The van der Waals surface area contributed by atoms with Crippen molar-refractivity contribution in [2.24, 2.45) is 0 Å². The number of hydrogen-bond donors (Lipinski definition) is 1. The Hall–Kier alpha value is -4.20. The monoisotopic (exact) mass is 541 g/mol. The minimum atomic E-state index is -0.498. The average Bonchev–Trinajstić information content (AvgIpc) is 2.95. The number of aromatic nitrogens is 2. The number of piperazine rings is 1. The van der Waals surface area contributed by atoms with Gasteiger partial charge in [-0.15, -0.1) is 0 Å². The zero-order valence-electron chi connectivity index (χ0n) is 23.4. The lowest BCUT2D eigenvalue weighted by Crippen LogP contribution is -2.50. The van der Waals surface area contributed by atoms with Gasteiger partial charge in [0.25, 0.3) is 0 Å². The molecule has 0 saturated carbocycles. The molecule has 2 aromatic carbocycles. The number of pyridine rings is 2. The van der Waals surface area contributed by atoms with Crippen LogP contribution in [0.4, 0.5) is 20.7 Å². The number of ether oxygens (including phenoxy) is 1. The maximum absolute atomic E-state index is 13.2. The molecule has 3 heterocycles. The lowest BCUT2D eigenvalue weighted by atomic mass is 10.1. The average molecular weight is 542 g/mol. The van der Waals surface area contributed by atoms with E-state index in [1.165, 1.54) is 12.1 Å². The van der Waals surface area contributed by atoms with E-state index >= 15 is 0 Å². The highest BCUT2D eigenvalue weighted by Crippen LogP contribution is 2.29. The van der Waals surface area contributed by atoms with Gasteiger partial charge in [0, 0.05) is 55.6 Å². The van der Waals surface area contributed by atoms with Crippen molar-refractivity contribution in [2.45, 2.75) is 39.2 Å². The van der Waals surface area contributed by atoms with Crippen LogP contribution in [0.5, 0.6) is 0 Å². The molecule has 1 saturated heterocycles. The van der Waals surface area contributed by atoms with Gasteiger partial charge in [-0.3, -0.25) is 0 Å². The third-order valence-corrected chi connectivity index (χ3v) is 6.89. The fourth-order valence-electron chi connectivity index (χ4n) is 4.81. The van der Waals surface area contributed by atoms with E-state index in [-0.39, 0.29) is 11.9 Å². The molecular weight excluding hydrogens is 505 g/mol. The molecule has 0 unspecified atom stereocenters. The number of amides is 1. The fourth-order valence-corrected chi connectivity index (χ4v) is 4.81. The molecule has 5 rings (SSSR count). The molecule has 1 aliphatic rings. The molecule has 7 nitrogen and oxygen atoms in total. The largest absolute Gasteiger partial charge is 0.444 e. The van der Waals surface area contributed by atoms with Crippen molar-refractivity contribution in [3.05, 3.63) is 84.3 Å². The first-order valence-corrected chi connectivity index (χ1v) is 13.8. The number of carbonyl (C=O) groups is 1. The molecule has 0 atom stereocenters. The van der Waals surface area contributed by atoms with E-state index in [0.717, 1.165) is 58.6 Å². The summed E-state index contributed by atoms with van der Waals surface area (Å²) in [7, 11) is 0. The van der Waals surface area contributed by atoms with Crippen LogP contribution in [0.15, 0.2) is 72.9 Å². The Balaban J connectivity index is 1.24. The molecule has 0 bridgehead atoms. The van der Waals surface area contributed by atoms with Crippen molar-refractivity contribution in [1.82, 2.24) is 14.9 Å². The summed E-state index contributed by atoms with van der Waals surface area (Å²) < 4.78 is 18.7.